The molecule has 0 fully saturated rings. The molecule has 0 aliphatic carbocycles. The van der Waals surface area contributed by atoms with Crippen molar-refractivity contribution in [3.63, 3.8) is 0 Å². The molecule has 1 aromatic heterocycles. The highest BCUT2D eigenvalue weighted by Crippen LogP contribution is 2.28. The van der Waals surface area contributed by atoms with Crippen LogP contribution in [0, 0.1) is 4.77 Å². The number of aromatic amines is 1. The topological polar surface area (TPSA) is 42.8 Å². The van der Waals surface area contributed by atoms with Crippen LogP contribution in [0.25, 0.3) is 11.4 Å². The van der Waals surface area contributed by atoms with E-state index in [0.29, 0.717) is 27.2 Å². The average molecular weight is 366 g/mol. The van der Waals surface area contributed by atoms with Gasteiger partial charge in [0.25, 0.3) is 0 Å². The van der Waals surface area contributed by atoms with Crippen molar-refractivity contribution in [2.75, 3.05) is 7.11 Å². The zero-order chi connectivity index (χ0) is 16.4. The van der Waals surface area contributed by atoms with Gasteiger partial charge in [0.1, 0.15) is 5.75 Å². The van der Waals surface area contributed by atoms with Gasteiger partial charge in [-0.25, -0.2) is 0 Å². The van der Waals surface area contributed by atoms with Gasteiger partial charge in [0.05, 0.1) is 18.7 Å². The van der Waals surface area contributed by atoms with Crippen molar-refractivity contribution < 1.29 is 4.74 Å². The van der Waals surface area contributed by atoms with Crippen LogP contribution in [0.2, 0.25) is 10.0 Å². The van der Waals surface area contributed by atoms with Crippen LogP contribution in [0.4, 0.5) is 0 Å². The van der Waals surface area contributed by atoms with E-state index in [1.54, 1.807) is 23.9 Å². The molecule has 3 rings (SSSR count). The third-order valence-electron chi connectivity index (χ3n) is 3.37. The summed E-state index contributed by atoms with van der Waals surface area (Å²) in [6, 6.07) is 13.0. The number of hydrogen-bond donors (Lipinski definition) is 1. The Morgan fingerprint density at radius 2 is 1.91 bits per heavy atom. The van der Waals surface area contributed by atoms with Crippen molar-refractivity contribution in [1.29, 1.82) is 0 Å². The Morgan fingerprint density at radius 3 is 2.57 bits per heavy atom. The van der Waals surface area contributed by atoms with Crippen LogP contribution < -0.4 is 4.74 Å². The molecule has 23 heavy (non-hydrogen) atoms. The number of benzene rings is 2. The van der Waals surface area contributed by atoms with E-state index in [0.717, 1.165) is 16.9 Å². The third kappa shape index (κ3) is 3.58. The molecule has 118 valence electrons. The van der Waals surface area contributed by atoms with Gasteiger partial charge < -0.3 is 4.74 Å². The van der Waals surface area contributed by atoms with Gasteiger partial charge >= 0.3 is 0 Å². The highest BCUT2D eigenvalue weighted by Gasteiger charge is 2.10. The molecule has 2 aromatic carbocycles. The summed E-state index contributed by atoms with van der Waals surface area (Å²) in [5.74, 6) is 1.43. The maximum atomic E-state index is 6.22. The van der Waals surface area contributed by atoms with Crippen molar-refractivity contribution in [2.24, 2.45) is 0 Å². The molecule has 1 heterocycles. The Labute approximate surface area is 148 Å². The number of ether oxygens (including phenoxy) is 1. The van der Waals surface area contributed by atoms with E-state index in [-0.39, 0.29) is 0 Å². The highest BCUT2D eigenvalue weighted by atomic mass is 35.5. The number of rotatable bonds is 4. The van der Waals surface area contributed by atoms with Crippen LogP contribution in [0.1, 0.15) is 5.56 Å². The molecule has 0 radical (unpaired) electrons. The zero-order valence-electron chi connectivity index (χ0n) is 12.2. The average Bonchev–Trinajstić information content (AvgIpc) is 2.88. The molecule has 0 atom stereocenters. The maximum absolute atomic E-state index is 6.22. The first-order valence-corrected chi connectivity index (χ1v) is 7.98. The van der Waals surface area contributed by atoms with Crippen LogP contribution in [0.3, 0.4) is 0 Å². The third-order valence-corrected chi connectivity index (χ3v) is 4.22. The van der Waals surface area contributed by atoms with Crippen LogP contribution in [0.15, 0.2) is 42.5 Å². The second kappa shape index (κ2) is 6.74. The molecule has 0 spiro atoms. The van der Waals surface area contributed by atoms with E-state index in [1.807, 2.05) is 30.3 Å². The van der Waals surface area contributed by atoms with Crippen LogP contribution in [0.5, 0.6) is 5.75 Å². The van der Waals surface area contributed by atoms with Crippen LogP contribution >= 0.6 is 35.4 Å². The first-order valence-electron chi connectivity index (χ1n) is 6.82. The van der Waals surface area contributed by atoms with Gasteiger partial charge in [-0.1, -0.05) is 35.3 Å². The predicted molar refractivity (Wildman–Crippen MR) is 95.0 cm³/mol. The molecule has 0 aliphatic heterocycles. The van der Waals surface area contributed by atoms with E-state index in [9.17, 15) is 0 Å². The van der Waals surface area contributed by atoms with E-state index in [4.69, 9.17) is 40.2 Å². The SMILES string of the molecule is COc1ccc(Cn2[nH]c(-c3ccc(Cl)cc3Cl)nc2=S)cc1. The molecular formula is C16H13Cl2N3OS. The number of nitrogens with one attached hydrogen (secondary N) is 1. The molecule has 4 nitrogen and oxygen atoms in total. The standard InChI is InChI=1S/C16H13Cl2N3OS/c1-22-12-5-2-10(3-6-12)9-21-16(23)19-15(20-21)13-7-4-11(17)8-14(13)18/h2-8H,9H2,1H3,(H,19,20,23). The summed E-state index contributed by atoms with van der Waals surface area (Å²) in [6.45, 7) is 0.584. The van der Waals surface area contributed by atoms with Gasteiger partial charge in [0, 0.05) is 10.6 Å². The quantitative estimate of drug-likeness (QED) is 0.663. The molecule has 0 aliphatic rings. The maximum Gasteiger partial charge on any atom is 0.216 e. The zero-order valence-corrected chi connectivity index (χ0v) is 14.5. The monoisotopic (exact) mass is 365 g/mol. The summed E-state index contributed by atoms with van der Waals surface area (Å²) in [5, 5.41) is 4.28. The Kier molecular flexibility index (Phi) is 4.71. The summed E-state index contributed by atoms with van der Waals surface area (Å²) in [7, 11) is 1.64. The summed E-state index contributed by atoms with van der Waals surface area (Å²) >= 11 is 17.5. The summed E-state index contributed by atoms with van der Waals surface area (Å²) in [5.41, 5.74) is 1.84. The summed E-state index contributed by atoms with van der Waals surface area (Å²) in [4.78, 5) is 4.37. The first-order chi connectivity index (χ1) is 11.1. The molecule has 0 amide bonds. The molecule has 0 bridgehead atoms. The number of hydrogen-bond acceptors (Lipinski definition) is 3. The number of aromatic nitrogens is 3. The molecule has 7 heteroatoms. The molecule has 0 saturated carbocycles. The fraction of sp³-hybridized carbons (Fsp3) is 0.125. The van der Waals surface area contributed by atoms with Gasteiger partial charge in [-0.05, 0) is 48.1 Å². The molecule has 0 saturated heterocycles. The Balaban J connectivity index is 1.90. The minimum Gasteiger partial charge on any atom is -0.497 e. The lowest BCUT2D eigenvalue weighted by atomic mass is 10.2. The van der Waals surface area contributed by atoms with Crippen molar-refractivity contribution in [2.45, 2.75) is 6.54 Å². The fourth-order valence-electron chi connectivity index (χ4n) is 2.18. The summed E-state index contributed by atoms with van der Waals surface area (Å²) < 4.78 is 7.40. The van der Waals surface area contributed by atoms with E-state index in [1.165, 1.54) is 0 Å². The summed E-state index contributed by atoms with van der Waals surface area (Å²) in [6.07, 6.45) is 0. The number of methoxy groups -OCH3 is 1. The number of nitrogens with zero attached hydrogens (tertiary/aromatic N) is 2. The smallest absolute Gasteiger partial charge is 0.216 e. The van der Waals surface area contributed by atoms with Gasteiger partial charge in [0.2, 0.25) is 4.77 Å². The fourth-order valence-corrected chi connectivity index (χ4v) is 2.88. The van der Waals surface area contributed by atoms with Gasteiger partial charge in [0.15, 0.2) is 5.82 Å². The number of halogens is 2. The minimum absolute atomic E-state index is 0.460. The van der Waals surface area contributed by atoms with Crippen molar-refractivity contribution >= 4 is 35.4 Å². The van der Waals surface area contributed by atoms with Gasteiger partial charge in [-0.3, -0.25) is 9.78 Å². The lowest BCUT2D eigenvalue weighted by molar-refractivity contribution is 0.414. The van der Waals surface area contributed by atoms with Crippen molar-refractivity contribution in [3.8, 4) is 17.1 Å². The molecule has 0 unspecified atom stereocenters. The Hall–Kier alpha value is -1.82. The second-order valence-electron chi connectivity index (χ2n) is 4.91. The molecule has 3 aromatic rings. The lowest BCUT2D eigenvalue weighted by Gasteiger charge is -2.05. The Morgan fingerprint density at radius 1 is 1.17 bits per heavy atom. The van der Waals surface area contributed by atoms with Crippen LogP contribution in [-0.2, 0) is 6.54 Å². The highest BCUT2D eigenvalue weighted by molar-refractivity contribution is 7.71. The molecule has 1 N–H and O–H groups in total. The van der Waals surface area contributed by atoms with Crippen LogP contribution in [-0.4, -0.2) is 21.9 Å². The van der Waals surface area contributed by atoms with E-state index in [2.05, 4.69) is 10.1 Å². The van der Waals surface area contributed by atoms with Gasteiger partial charge in [-0.2, -0.15) is 4.98 Å². The largest absolute Gasteiger partial charge is 0.497 e. The normalized spacial score (nSPS) is 10.7. The molecular weight excluding hydrogens is 353 g/mol. The Bertz CT molecular complexity index is 887. The lowest BCUT2D eigenvalue weighted by Crippen LogP contribution is -2.02. The number of H-pyrrole nitrogens is 1. The van der Waals surface area contributed by atoms with E-state index < -0.39 is 0 Å². The first kappa shape index (κ1) is 16.1. The van der Waals surface area contributed by atoms with E-state index >= 15 is 0 Å². The van der Waals surface area contributed by atoms with Gasteiger partial charge in [-0.15, -0.1) is 0 Å². The minimum atomic E-state index is 0.460. The van der Waals surface area contributed by atoms with Crippen molar-refractivity contribution in [1.82, 2.24) is 14.8 Å². The second-order valence-corrected chi connectivity index (χ2v) is 6.12. The predicted octanol–water partition coefficient (Wildman–Crippen LogP) is 4.97. The van der Waals surface area contributed by atoms with Crippen molar-refractivity contribution in [3.05, 3.63) is 62.8 Å².